The zero-order chi connectivity index (χ0) is 16.5. The predicted octanol–water partition coefficient (Wildman–Crippen LogP) is -0.910. The number of carbonyl (C=O) groups excluding carboxylic acids is 2. The van der Waals surface area contributed by atoms with Crippen LogP contribution >= 0.6 is 0 Å². The van der Waals surface area contributed by atoms with Gasteiger partial charge in [0.2, 0.25) is 17.8 Å². The third-order valence-corrected chi connectivity index (χ3v) is 5.29. The van der Waals surface area contributed by atoms with E-state index in [1.165, 1.54) is 9.80 Å². The van der Waals surface area contributed by atoms with Crippen molar-refractivity contribution in [2.24, 2.45) is 11.8 Å². The lowest BCUT2D eigenvalue weighted by atomic mass is 9.85. The molecule has 7 heteroatoms. The molecule has 7 nitrogen and oxygen atoms in total. The number of hydrogen-bond acceptors (Lipinski definition) is 5. The highest BCUT2D eigenvalue weighted by Gasteiger charge is 2.48. The van der Waals surface area contributed by atoms with Gasteiger partial charge in [0.25, 0.3) is 0 Å². The maximum absolute atomic E-state index is 12.5. The van der Waals surface area contributed by atoms with Crippen LogP contribution in [0.25, 0.3) is 0 Å². The van der Waals surface area contributed by atoms with Crippen molar-refractivity contribution in [3.05, 3.63) is 30.6 Å². The van der Waals surface area contributed by atoms with Crippen LogP contribution in [0.2, 0.25) is 0 Å². The number of rotatable bonds is 3. The maximum Gasteiger partial charge on any atom is 0.237 e. The number of imide groups is 1. The van der Waals surface area contributed by atoms with Crippen LogP contribution in [0.1, 0.15) is 12.8 Å². The van der Waals surface area contributed by atoms with E-state index in [0.29, 0.717) is 19.5 Å². The number of aromatic nitrogens is 2. The van der Waals surface area contributed by atoms with Gasteiger partial charge in [-0.3, -0.25) is 9.59 Å². The predicted molar refractivity (Wildman–Crippen MR) is 87.0 cm³/mol. The molecular formula is C17H22N5O2+. The molecule has 0 radical (unpaired) electrons. The van der Waals surface area contributed by atoms with E-state index in [-0.39, 0.29) is 23.7 Å². The molecule has 0 aromatic carbocycles. The Morgan fingerprint density at radius 2 is 1.58 bits per heavy atom. The topological polar surface area (TPSA) is 70.8 Å². The fourth-order valence-corrected chi connectivity index (χ4v) is 3.88. The largest absolute Gasteiger partial charge is 0.330 e. The molecule has 1 aromatic heterocycles. The fourth-order valence-electron chi connectivity index (χ4n) is 3.88. The molecule has 2 saturated heterocycles. The van der Waals surface area contributed by atoms with Gasteiger partial charge in [-0.1, -0.05) is 12.2 Å². The molecule has 1 aliphatic carbocycles. The molecule has 3 heterocycles. The van der Waals surface area contributed by atoms with Gasteiger partial charge in [-0.15, -0.1) is 0 Å². The SMILES string of the molecule is O=C1[C@H]2CC=CC[C@@H]2C(=O)N1C[NH+]1CCN(c2ncccn2)CC1. The Hall–Kier alpha value is -2.28. The summed E-state index contributed by atoms with van der Waals surface area (Å²) in [6, 6.07) is 1.81. The van der Waals surface area contributed by atoms with E-state index in [9.17, 15) is 9.59 Å². The zero-order valence-electron chi connectivity index (χ0n) is 13.6. The van der Waals surface area contributed by atoms with Crippen molar-refractivity contribution >= 4 is 17.8 Å². The summed E-state index contributed by atoms with van der Waals surface area (Å²) in [5.41, 5.74) is 0. The Balaban J connectivity index is 1.36. The minimum atomic E-state index is -0.124. The van der Waals surface area contributed by atoms with Gasteiger partial charge in [-0.05, 0) is 18.9 Å². The quantitative estimate of drug-likeness (QED) is 0.575. The molecule has 1 aromatic rings. The lowest BCUT2D eigenvalue weighted by Crippen LogP contribution is -3.16. The fraction of sp³-hybridized carbons (Fsp3) is 0.529. The third kappa shape index (κ3) is 2.69. The number of hydrogen-bond donors (Lipinski definition) is 1. The summed E-state index contributed by atoms with van der Waals surface area (Å²) < 4.78 is 0. The minimum absolute atomic E-state index is 0.0238. The van der Waals surface area contributed by atoms with Crippen molar-refractivity contribution in [2.75, 3.05) is 37.7 Å². The first kappa shape index (κ1) is 15.3. The van der Waals surface area contributed by atoms with Crippen molar-refractivity contribution in [1.29, 1.82) is 0 Å². The Morgan fingerprint density at radius 3 is 2.17 bits per heavy atom. The van der Waals surface area contributed by atoms with E-state index in [1.54, 1.807) is 12.4 Å². The van der Waals surface area contributed by atoms with E-state index < -0.39 is 0 Å². The molecule has 3 aliphatic rings. The second kappa shape index (κ2) is 6.32. The molecule has 2 aliphatic heterocycles. The number of nitrogens with one attached hydrogen (secondary N) is 1. The summed E-state index contributed by atoms with van der Waals surface area (Å²) in [7, 11) is 0. The number of piperazine rings is 1. The Bertz CT molecular complexity index is 628. The molecule has 2 amide bonds. The molecule has 0 spiro atoms. The average molecular weight is 328 g/mol. The normalized spacial score (nSPS) is 27.7. The first-order valence-corrected chi connectivity index (χ1v) is 8.60. The summed E-state index contributed by atoms with van der Waals surface area (Å²) in [5, 5.41) is 0. The van der Waals surface area contributed by atoms with Crippen molar-refractivity contribution < 1.29 is 14.5 Å². The Kier molecular flexibility index (Phi) is 4.02. The van der Waals surface area contributed by atoms with E-state index >= 15 is 0 Å². The van der Waals surface area contributed by atoms with Gasteiger partial charge in [-0.25, -0.2) is 14.9 Å². The molecule has 0 bridgehead atoms. The van der Waals surface area contributed by atoms with Crippen LogP contribution in [0, 0.1) is 11.8 Å². The van der Waals surface area contributed by atoms with Crippen molar-refractivity contribution in [1.82, 2.24) is 14.9 Å². The molecule has 0 saturated carbocycles. The second-order valence-corrected chi connectivity index (χ2v) is 6.70. The van der Waals surface area contributed by atoms with Crippen LogP contribution in [0.5, 0.6) is 0 Å². The summed E-state index contributed by atoms with van der Waals surface area (Å²) >= 11 is 0. The highest BCUT2D eigenvalue weighted by molar-refractivity contribution is 6.05. The standard InChI is InChI=1S/C17H21N5O2/c23-15-13-4-1-2-5-14(13)16(24)22(15)12-20-8-10-21(11-9-20)17-18-6-3-7-19-17/h1-3,6-7,13-14H,4-5,8-12H2/p+1/t13-,14-/m0/s1. The van der Waals surface area contributed by atoms with Gasteiger partial charge in [0, 0.05) is 12.4 Å². The second-order valence-electron chi connectivity index (χ2n) is 6.70. The molecule has 4 rings (SSSR count). The smallest absolute Gasteiger partial charge is 0.237 e. The molecule has 0 unspecified atom stereocenters. The number of amides is 2. The first-order chi connectivity index (χ1) is 11.7. The summed E-state index contributed by atoms with van der Waals surface area (Å²) in [6.07, 6.45) is 8.97. The molecule has 2 atom stereocenters. The van der Waals surface area contributed by atoms with Crippen LogP contribution in [0.3, 0.4) is 0 Å². The van der Waals surface area contributed by atoms with Gasteiger partial charge in [0.15, 0.2) is 6.67 Å². The maximum atomic E-state index is 12.5. The average Bonchev–Trinajstić information content (AvgIpc) is 2.88. The van der Waals surface area contributed by atoms with E-state index in [2.05, 4.69) is 14.9 Å². The Morgan fingerprint density at radius 1 is 1.00 bits per heavy atom. The first-order valence-electron chi connectivity index (χ1n) is 8.60. The number of quaternary nitrogens is 1. The van der Waals surface area contributed by atoms with Crippen LogP contribution in [0.4, 0.5) is 5.95 Å². The summed E-state index contributed by atoms with van der Waals surface area (Å²) in [5.74, 6) is 0.551. The summed E-state index contributed by atoms with van der Waals surface area (Å²) in [4.78, 5) is 38.6. The van der Waals surface area contributed by atoms with Crippen LogP contribution < -0.4 is 9.80 Å². The number of allylic oxidation sites excluding steroid dienone is 2. The van der Waals surface area contributed by atoms with Gasteiger partial charge < -0.3 is 9.80 Å². The number of likely N-dealkylation sites (tertiary alicyclic amines) is 1. The molecule has 24 heavy (non-hydrogen) atoms. The number of fused-ring (bicyclic) bond motifs is 1. The third-order valence-electron chi connectivity index (χ3n) is 5.29. The van der Waals surface area contributed by atoms with E-state index in [0.717, 1.165) is 32.1 Å². The highest BCUT2D eigenvalue weighted by atomic mass is 16.2. The highest BCUT2D eigenvalue weighted by Crippen LogP contribution is 2.34. The van der Waals surface area contributed by atoms with Crippen molar-refractivity contribution in [2.45, 2.75) is 12.8 Å². The van der Waals surface area contributed by atoms with Crippen LogP contribution in [0.15, 0.2) is 30.6 Å². The lowest BCUT2D eigenvalue weighted by molar-refractivity contribution is -0.908. The van der Waals surface area contributed by atoms with Crippen molar-refractivity contribution in [3.63, 3.8) is 0 Å². The number of nitrogens with zero attached hydrogens (tertiary/aromatic N) is 4. The van der Waals surface area contributed by atoms with Crippen LogP contribution in [-0.2, 0) is 9.59 Å². The summed E-state index contributed by atoms with van der Waals surface area (Å²) in [6.45, 7) is 3.92. The molecular weight excluding hydrogens is 306 g/mol. The monoisotopic (exact) mass is 328 g/mol. The van der Waals surface area contributed by atoms with Crippen LogP contribution in [-0.4, -0.2) is 59.5 Å². The molecule has 1 N–H and O–H groups in total. The van der Waals surface area contributed by atoms with Gasteiger partial charge in [0.1, 0.15) is 0 Å². The lowest BCUT2D eigenvalue weighted by Gasteiger charge is -2.33. The number of anilines is 1. The zero-order valence-corrected chi connectivity index (χ0v) is 13.6. The number of carbonyl (C=O) groups is 2. The van der Waals surface area contributed by atoms with E-state index in [1.807, 2.05) is 18.2 Å². The molecule has 126 valence electrons. The van der Waals surface area contributed by atoms with Gasteiger partial charge in [-0.2, -0.15) is 0 Å². The van der Waals surface area contributed by atoms with Gasteiger partial charge >= 0.3 is 0 Å². The van der Waals surface area contributed by atoms with Gasteiger partial charge in [0.05, 0.1) is 38.0 Å². The Labute approximate surface area is 141 Å². The van der Waals surface area contributed by atoms with E-state index in [4.69, 9.17) is 0 Å². The minimum Gasteiger partial charge on any atom is -0.330 e. The molecule has 2 fully saturated rings. The van der Waals surface area contributed by atoms with Crippen molar-refractivity contribution in [3.8, 4) is 0 Å².